The molecule has 1 N–H and O–H groups in total. The van der Waals surface area contributed by atoms with E-state index >= 15 is 0 Å². The topological polar surface area (TPSA) is 58.6 Å². The molecule has 4 rings (SSSR count). The number of nitrogens with zero attached hydrogens (tertiary/aromatic N) is 1. The van der Waals surface area contributed by atoms with Crippen molar-refractivity contribution in [2.75, 3.05) is 7.05 Å². The fourth-order valence-electron chi connectivity index (χ4n) is 3.12. The molecule has 1 aliphatic heterocycles. The zero-order valence-electron chi connectivity index (χ0n) is 15.1. The molecule has 0 aromatic heterocycles. The van der Waals surface area contributed by atoms with Gasteiger partial charge in [-0.25, -0.2) is 4.79 Å². The lowest BCUT2D eigenvalue weighted by molar-refractivity contribution is -0.121. The molecule has 1 heterocycles. The highest BCUT2D eigenvalue weighted by Gasteiger charge is 2.30. The summed E-state index contributed by atoms with van der Waals surface area (Å²) in [5, 5.41) is 4.87. The van der Waals surface area contributed by atoms with Gasteiger partial charge in [-0.05, 0) is 40.6 Å². The Balaban J connectivity index is 1.64. The van der Waals surface area contributed by atoms with Crippen LogP contribution in [0.25, 0.3) is 16.8 Å². The molecule has 0 aliphatic carbocycles. The van der Waals surface area contributed by atoms with Crippen LogP contribution in [-0.4, -0.2) is 23.9 Å². The van der Waals surface area contributed by atoms with Gasteiger partial charge in [0.25, 0.3) is 5.91 Å². The largest absolute Gasteiger partial charge is 0.488 e. The van der Waals surface area contributed by atoms with Crippen LogP contribution in [0.1, 0.15) is 11.1 Å². The van der Waals surface area contributed by atoms with Gasteiger partial charge in [0.2, 0.25) is 0 Å². The smallest absolute Gasteiger partial charge is 0.328 e. The second-order valence-corrected chi connectivity index (χ2v) is 7.38. The Bertz CT molecular complexity index is 1120. The summed E-state index contributed by atoms with van der Waals surface area (Å²) in [6, 6.07) is 19.4. The zero-order chi connectivity index (χ0) is 19.7. The number of rotatable bonds is 4. The summed E-state index contributed by atoms with van der Waals surface area (Å²) in [4.78, 5) is 24.9. The molecule has 1 aliphatic rings. The molecule has 0 radical (unpaired) electrons. The van der Waals surface area contributed by atoms with Crippen molar-refractivity contribution in [1.82, 2.24) is 10.2 Å². The number of hydrogen-bond donors (Lipinski definition) is 1. The number of fused-ring (bicyclic) bond motifs is 1. The van der Waals surface area contributed by atoms with Crippen molar-refractivity contribution >= 4 is 44.7 Å². The van der Waals surface area contributed by atoms with Gasteiger partial charge in [-0.2, -0.15) is 0 Å². The van der Waals surface area contributed by atoms with Gasteiger partial charge in [-0.1, -0.05) is 58.4 Å². The van der Waals surface area contributed by atoms with Crippen LogP contribution in [-0.2, 0) is 11.4 Å². The molecular formula is C22H17BrN2O3. The summed E-state index contributed by atoms with van der Waals surface area (Å²) in [5.74, 6) is 0.255. The van der Waals surface area contributed by atoms with Crippen LogP contribution in [0, 0.1) is 0 Å². The quantitative estimate of drug-likeness (QED) is 0.476. The summed E-state index contributed by atoms with van der Waals surface area (Å²) in [6.45, 7) is 0.388. The van der Waals surface area contributed by atoms with E-state index in [1.54, 1.807) is 6.08 Å². The van der Waals surface area contributed by atoms with E-state index in [9.17, 15) is 9.59 Å². The lowest BCUT2D eigenvalue weighted by atomic mass is 10.1. The van der Waals surface area contributed by atoms with E-state index in [1.807, 2.05) is 42.5 Å². The van der Waals surface area contributed by atoms with Crippen LogP contribution in [0.2, 0.25) is 0 Å². The highest BCUT2D eigenvalue weighted by Crippen LogP contribution is 2.28. The highest BCUT2D eigenvalue weighted by atomic mass is 79.9. The Morgan fingerprint density at radius 2 is 1.86 bits per heavy atom. The number of hydrogen-bond acceptors (Lipinski definition) is 3. The number of imide groups is 1. The predicted octanol–water partition coefficient (Wildman–Crippen LogP) is 4.70. The zero-order valence-corrected chi connectivity index (χ0v) is 16.7. The van der Waals surface area contributed by atoms with Gasteiger partial charge in [0.15, 0.2) is 0 Å². The Labute approximate surface area is 170 Å². The van der Waals surface area contributed by atoms with Gasteiger partial charge in [0.1, 0.15) is 18.1 Å². The van der Waals surface area contributed by atoms with Crippen molar-refractivity contribution in [2.24, 2.45) is 0 Å². The molecule has 0 bridgehead atoms. The molecule has 140 valence electrons. The fourth-order valence-corrected chi connectivity index (χ4v) is 3.49. The van der Waals surface area contributed by atoms with Crippen molar-refractivity contribution in [3.63, 3.8) is 0 Å². The Morgan fingerprint density at radius 3 is 2.64 bits per heavy atom. The van der Waals surface area contributed by atoms with Gasteiger partial charge in [-0.3, -0.25) is 9.69 Å². The Kier molecular flexibility index (Phi) is 4.88. The minimum absolute atomic E-state index is 0.223. The van der Waals surface area contributed by atoms with Gasteiger partial charge in [0.05, 0.1) is 0 Å². The minimum Gasteiger partial charge on any atom is -0.488 e. The fraction of sp³-hybridized carbons (Fsp3) is 0.0909. The first kappa shape index (κ1) is 18.3. The molecule has 3 aromatic carbocycles. The van der Waals surface area contributed by atoms with E-state index in [1.165, 1.54) is 7.05 Å². The SMILES string of the molecule is CN1C(=O)N/C(=C/c2cc(Br)ccc2OCc2cccc3ccccc23)C1=O. The molecule has 0 spiro atoms. The van der Waals surface area contributed by atoms with Crippen molar-refractivity contribution in [1.29, 1.82) is 0 Å². The first-order valence-corrected chi connectivity index (χ1v) is 9.52. The highest BCUT2D eigenvalue weighted by molar-refractivity contribution is 9.10. The third kappa shape index (κ3) is 3.51. The average Bonchev–Trinajstić information content (AvgIpc) is 2.94. The summed E-state index contributed by atoms with van der Waals surface area (Å²) in [7, 11) is 1.44. The minimum atomic E-state index is -0.440. The molecule has 0 atom stereocenters. The molecule has 6 heteroatoms. The van der Waals surface area contributed by atoms with E-state index in [4.69, 9.17) is 4.74 Å². The lowest BCUT2D eigenvalue weighted by Gasteiger charge is -2.12. The maximum Gasteiger partial charge on any atom is 0.328 e. The van der Waals surface area contributed by atoms with Crippen LogP contribution in [0.3, 0.4) is 0 Å². The van der Waals surface area contributed by atoms with Crippen LogP contribution in [0.15, 0.2) is 70.8 Å². The van der Waals surface area contributed by atoms with Crippen molar-refractivity contribution in [3.05, 3.63) is 82.0 Å². The number of halogens is 1. The maximum absolute atomic E-state index is 12.2. The van der Waals surface area contributed by atoms with Crippen LogP contribution < -0.4 is 10.1 Å². The number of urea groups is 1. The number of carbonyl (C=O) groups excluding carboxylic acids is 2. The van der Waals surface area contributed by atoms with Crippen LogP contribution in [0.4, 0.5) is 4.79 Å². The maximum atomic E-state index is 12.2. The number of amides is 3. The first-order chi connectivity index (χ1) is 13.5. The van der Waals surface area contributed by atoms with Gasteiger partial charge < -0.3 is 10.1 Å². The normalized spacial score (nSPS) is 15.4. The van der Waals surface area contributed by atoms with Gasteiger partial charge in [0, 0.05) is 17.1 Å². The standard InChI is InChI=1S/C22H17BrN2O3/c1-25-21(26)19(24-22(25)27)12-16-11-17(23)9-10-20(16)28-13-15-7-4-6-14-5-2-3-8-18(14)15/h2-12H,13H2,1H3,(H,24,27)/b19-12+. The molecule has 28 heavy (non-hydrogen) atoms. The van der Waals surface area contributed by atoms with E-state index in [2.05, 4.69) is 39.4 Å². The summed E-state index contributed by atoms with van der Waals surface area (Å²) >= 11 is 3.45. The summed E-state index contributed by atoms with van der Waals surface area (Å²) in [6.07, 6.45) is 1.63. The Hall–Kier alpha value is -3.12. The number of likely N-dealkylation sites (N-methyl/N-ethyl adjacent to an activating group) is 1. The predicted molar refractivity (Wildman–Crippen MR) is 112 cm³/mol. The van der Waals surface area contributed by atoms with Crippen LogP contribution >= 0.6 is 15.9 Å². The van der Waals surface area contributed by atoms with Crippen molar-refractivity contribution < 1.29 is 14.3 Å². The molecule has 3 amide bonds. The van der Waals surface area contributed by atoms with E-state index in [0.717, 1.165) is 25.7 Å². The molecule has 0 unspecified atom stereocenters. The molecule has 5 nitrogen and oxygen atoms in total. The van der Waals surface area contributed by atoms with Crippen LogP contribution in [0.5, 0.6) is 5.75 Å². The van der Waals surface area contributed by atoms with Crippen molar-refractivity contribution in [3.8, 4) is 5.75 Å². The third-order valence-corrected chi connectivity index (χ3v) is 5.11. The van der Waals surface area contributed by atoms with Gasteiger partial charge >= 0.3 is 6.03 Å². The number of benzene rings is 3. The second-order valence-electron chi connectivity index (χ2n) is 6.46. The van der Waals surface area contributed by atoms with E-state index in [0.29, 0.717) is 17.9 Å². The third-order valence-electron chi connectivity index (χ3n) is 4.62. The molecule has 3 aromatic rings. The van der Waals surface area contributed by atoms with Gasteiger partial charge in [-0.15, -0.1) is 0 Å². The Morgan fingerprint density at radius 1 is 1.07 bits per heavy atom. The number of ether oxygens (including phenoxy) is 1. The summed E-state index contributed by atoms with van der Waals surface area (Å²) in [5.41, 5.74) is 2.00. The molecule has 1 saturated heterocycles. The molecule has 0 saturated carbocycles. The second kappa shape index (κ2) is 7.48. The number of carbonyl (C=O) groups is 2. The lowest BCUT2D eigenvalue weighted by Crippen LogP contribution is -2.25. The van der Waals surface area contributed by atoms with Crippen molar-refractivity contribution in [2.45, 2.75) is 6.61 Å². The van der Waals surface area contributed by atoms with E-state index in [-0.39, 0.29) is 11.6 Å². The average molecular weight is 437 g/mol. The first-order valence-electron chi connectivity index (χ1n) is 8.72. The van der Waals surface area contributed by atoms with E-state index < -0.39 is 6.03 Å². The molecule has 1 fully saturated rings. The molecular weight excluding hydrogens is 420 g/mol. The summed E-state index contributed by atoms with van der Waals surface area (Å²) < 4.78 is 6.93. The monoisotopic (exact) mass is 436 g/mol. The number of nitrogens with one attached hydrogen (secondary N) is 1.